The van der Waals surface area contributed by atoms with Crippen molar-refractivity contribution in [3.63, 3.8) is 0 Å². The number of hydrogen-bond acceptors (Lipinski definition) is 1. The van der Waals surface area contributed by atoms with E-state index in [1.807, 2.05) is 43.3 Å². The highest BCUT2D eigenvalue weighted by Crippen LogP contribution is 2.15. The molecular formula is C17H23NO. The molecule has 1 rings (SSSR count). The van der Waals surface area contributed by atoms with E-state index in [-0.39, 0.29) is 5.91 Å². The Labute approximate surface area is 116 Å². The molecular weight excluding hydrogens is 234 g/mol. The molecule has 1 amide bonds. The van der Waals surface area contributed by atoms with Gasteiger partial charge in [0.05, 0.1) is 0 Å². The van der Waals surface area contributed by atoms with E-state index in [1.54, 1.807) is 0 Å². The summed E-state index contributed by atoms with van der Waals surface area (Å²) in [6.45, 7) is 4.71. The van der Waals surface area contributed by atoms with Crippen LogP contribution in [0.15, 0.2) is 48.6 Å². The average Bonchev–Trinajstić information content (AvgIpc) is 2.44. The van der Waals surface area contributed by atoms with Crippen LogP contribution in [0.2, 0.25) is 0 Å². The number of nitrogens with one attached hydrogen (secondary N) is 1. The third kappa shape index (κ3) is 5.56. The van der Waals surface area contributed by atoms with Crippen molar-refractivity contribution >= 4 is 11.5 Å². The maximum Gasteiger partial charge on any atom is 0.251 e. The minimum atomic E-state index is 0.00757. The van der Waals surface area contributed by atoms with Gasteiger partial charge in [0.25, 0.3) is 5.91 Å². The molecule has 0 saturated heterocycles. The lowest BCUT2D eigenvalue weighted by Gasteiger charge is -2.07. The Morgan fingerprint density at radius 2 is 1.84 bits per heavy atom. The van der Waals surface area contributed by atoms with Crippen molar-refractivity contribution in [3.8, 4) is 0 Å². The SMILES string of the molecule is CC/C=C\CC/C=C(/C(=O)NCC)c1ccccc1. The summed E-state index contributed by atoms with van der Waals surface area (Å²) in [4.78, 5) is 12.1. The Morgan fingerprint density at radius 3 is 2.47 bits per heavy atom. The monoisotopic (exact) mass is 257 g/mol. The van der Waals surface area contributed by atoms with Crippen LogP contribution in [0.5, 0.6) is 0 Å². The van der Waals surface area contributed by atoms with Gasteiger partial charge in [-0.15, -0.1) is 0 Å². The first-order chi connectivity index (χ1) is 9.29. The zero-order valence-corrected chi connectivity index (χ0v) is 11.9. The van der Waals surface area contributed by atoms with Gasteiger partial charge in [-0.2, -0.15) is 0 Å². The molecule has 0 aromatic heterocycles. The number of carbonyl (C=O) groups excluding carboxylic acids is 1. The van der Waals surface area contributed by atoms with Crippen LogP contribution >= 0.6 is 0 Å². The van der Waals surface area contributed by atoms with Gasteiger partial charge >= 0.3 is 0 Å². The molecule has 2 heteroatoms. The van der Waals surface area contributed by atoms with E-state index in [9.17, 15) is 4.79 Å². The standard InChI is InChI=1S/C17H23NO/c1-3-5-6-7-11-14-16(17(19)18-4-2)15-12-9-8-10-13-15/h5-6,8-10,12-14H,3-4,7,11H2,1-2H3,(H,18,19)/b6-5-,16-14+. The van der Waals surface area contributed by atoms with Gasteiger partial charge in [-0.25, -0.2) is 0 Å². The first-order valence-electron chi connectivity index (χ1n) is 6.98. The van der Waals surface area contributed by atoms with Crippen LogP contribution in [0.3, 0.4) is 0 Å². The van der Waals surface area contributed by atoms with Crippen LogP contribution in [0.1, 0.15) is 38.7 Å². The van der Waals surface area contributed by atoms with Gasteiger partial charge in [0.1, 0.15) is 0 Å². The van der Waals surface area contributed by atoms with E-state index in [0.29, 0.717) is 6.54 Å². The number of unbranched alkanes of at least 4 members (excludes halogenated alkanes) is 1. The Balaban J connectivity index is 2.78. The molecule has 0 heterocycles. The van der Waals surface area contributed by atoms with Crippen LogP contribution < -0.4 is 5.32 Å². The second kappa shape index (κ2) is 9.15. The highest BCUT2D eigenvalue weighted by Gasteiger charge is 2.09. The van der Waals surface area contributed by atoms with Gasteiger partial charge in [0.2, 0.25) is 0 Å². The van der Waals surface area contributed by atoms with Crippen molar-refractivity contribution in [2.24, 2.45) is 0 Å². The summed E-state index contributed by atoms with van der Waals surface area (Å²) in [7, 11) is 0. The van der Waals surface area contributed by atoms with Crippen LogP contribution in [0.4, 0.5) is 0 Å². The van der Waals surface area contributed by atoms with Gasteiger partial charge in [0, 0.05) is 12.1 Å². The van der Waals surface area contributed by atoms with E-state index in [0.717, 1.165) is 30.4 Å². The maximum atomic E-state index is 12.1. The first kappa shape index (κ1) is 15.2. The molecule has 0 atom stereocenters. The number of likely N-dealkylation sites (N-methyl/N-ethyl adjacent to an activating group) is 1. The van der Waals surface area contributed by atoms with E-state index in [2.05, 4.69) is 24.4 Å². The molecule has 0 bridgehead atoms. The third-order valence-corrected chi connectivity index (χ3v) is 2.75. The number of amides is 1. The molecule has 102 valence electrons. The molecule has 0 aliphatic carbocycles. The molecule has 0 radical (unpaired) electrons. The fourth-order valence-corrected chi connectivity index (χ4v) is 1.82. The summed E-state index contributed by atoms with van der Waals surface area (Å²) < 4.78 is 0. The number of carbonyl (C=O) groups is 1. The van der Waals surface area contributed by atoms with Crippen LogP contribution in [0.25, 0.3) is 5.57 Å². The highest BCUT2D eigenvalue weighted by atomic mass is 16.1. The minimum absolute atomic E-state index is 0.00757. The van der Waals surface area contributed by atoms with E-state index < -0.39 is 0 Å². The number of benzene rings is 1. The summed E-state index contributed by atoms with van der Waals surface area (Å²) >= 11 is 0. The highest BCUT2D eigenvalue weighted by molar-refractivity contribution is 6.19. The Kier molecular flexibility index (Phi) is 7.33. The van der Waals surface area contributed by atoms with Crippen LogP contribution in [-0.4, -0.2) is 12.5 Å². The summed E-state index contributed by atoms with van der Waals surface area (Å²) in [5.41, 5.74) is 1.75. The summed E-state index contributed by atoms with van der Waals surface area (Å²) in [5.74, 6) is 0.00757. The lowest BCUT2D eigenvalue weighted by molar-refractivity contribution is -0.115. The largest absolute Gasteiger partial charge is 0.352 e. The van der Waals surface area contributed by atoms with Crippen LogP contribution in [-0.2, 0) is 4.79 Å². The molecule has 0 saturated carbocycles. The van der Waals surface area contributed by atoms with Crippen molar-refractivity contribution < 1.29 is 4.79 Å². The molecule has 2 nitrogen and oxygen atoms in total. The molecule has 0 aliphatic rings. The average molecular weight is 257 g/mol. The predicted molar refractivity (Wildman–Crippen MR) is 81.8 cm³/mol. The molecule has 1 N–H and O–H groups in total. The Bertz CT molecular complexity index is 432. The second-order valence-electron chi connectivity index (χ2n) is 4.30. The van der Waals surface area contributed by atoms with E-state index in [4.69, 9.17) is 0 Å². The molecule has 1 aromatic rings. The zero-order valence-electron chi connectivity index (χ0n) is 11.9. The number of allylic oxidation sites excluding steroid dienone is 3. The van der Waals surface area contributed by atoms with Crippen molar-refractivity contribution in [1.29, 1.82) is 0 Å². The van der Waals surface area contributed by atoms with E-state index in [1.165, 1.54) is 0 Å². The Hall–Kier alpha value is -1.83. The quantitative estimate of drug-likeness (QED) is 0.447. The van der Waals surface area contributed by atoms with Gasteiger partial charge < -0.3 is 5.32 Å². The molecule has 19 heavy (non-hydrogen) atoms. The van der Waals surface area contributed by atoms with Crippen molar-refractivity contribution in [2.75, 3.05) is 6.54 Å². The maximum absolute atomic E-state index is 12.1. The molecule has 0 unspecified atom stereocenters. The zero-order chi connectivity index (χ0) is 13.9. The fourth-order valence-electron chi connectivity index (χ4n) is 1.82. The Morgan fingerprint density at radius 1 is 1.11 bits per heavy atom. The number of rotatable bonds is 7. The summed E-state index contributed by atoms with van der Waals surface area (Å²) in [6.07, 6.45) is 9.27. The third-order valence-electron chi connectivity index (χ3n) is 2.75. The van der Waals surface area contributed by atoms with Crippen molar-refractivity contribution in [3.05, 3.63) is 54.1 Å². The summed E-state index contributed by atoms with van der Waals surface area (Å²) in [5, 5.41) is 2.87. The predicted octanol–water partition coefficient (Wildman–Crippen LogP) is 3.95. The lowest BCUT2D eigenvalue weighted by Crippen LogP contribution is -2.23. The van der Waals surface area contributed by atoms with Gasteiger partial charge in [0.15, 0.2) is 0 Å². The minimum Gasteiger partial charge on any atom is -0.352 e. The van der Waals surface area contributed by atoms with Gasteiger partial charge in [-0.1, -0.05) is 55.5 Å². The van der Waals surface area contributed by atoms with Gasteiger partial charge in [-0.3, -0.25) is 4.79 Å². The normalized spacial score (nSPS) is 11.8. The molecule has 0 fully saturated rings. The fraction of sp³-hybridized carbons (Fsp3) is 0.353. The molecule has 1 aromatic carbocycles. The number of hydrogen-bond donors (Lipinski definition) is 1. The molecule has 0 spiro atoms. The first-order valence-corrected chi connectivity index (χ1v) is 6.98. The summed E-state index contributed by atoms with van der Waals surface area (Å²) in [6, 6.07) is 9.83. The van der Waals surface area contributed by atoms with Crippen LogP contribution in [0, 0.1) is 0 Å². The van der Waals surface area contributed by atoms with Crippen molar-refractivity contribution in [1.82, 2.24) is 5.32 Å². The van der Waals surface area contributed by atoms with Crippen molar-refractivity contribution in [2.45, 2.75) is 33.1 Å². The van der Waals surface area contributed by atoms with E-state index >= 15 is 0 Å². The molecule has 0 aliphatic heterocycles. The smallest absolute Gasteiger partial charge is 0.251 e. The topological polar surface area (TPSA) is 29.1 Å². The second-order valence-corrected chi connectivity index (χ2v) is 4.30. The van der Waals surface area contributed by atoms with Gasteiger partial charge in [-0.05, 0) is 31.7 Å². The lowest BCUT2D eigenvalue weighted by atomic mass is 10.0.